The molecule has 0 saturated heterocycles. The summed E-state index contributed by atoms with van der Waals surface area (Å²) in [4.78, 5) is 12.4. The number of hydrogen-bond donors (Lipinski definition) is 0. The first kappa shape index (κ1) is 17.2. The van der Waals surface area contributed by atoms with Crippen LogP contribution in [0.15, 0.2) is 36.4 Å². The summed E-state index contributed by atoms with van der Waals surface area (Å²) in [6, 6.07) is 4.23. The Morgan fingerprint density at radius 2 is 1.81 bits per heavy atom. The summed E-state index contributed by atoms with van der Waals surface area (Å²) >= 11 is 0. The fraction of sp³-hybridized carbons (Fsp3) is 0.421. The Morgan fingerprint density at radius 1 is 1.19 bits per heavy atom. The van der Waals surface area contributed by atoms with E-state index in [2.05, 4.69) is 32.6 Å². The van der Waals surface area contributed by atoms with Crippen molar-refractivity contribution in [1.29, 1.82) is 0 Å². The van der Waals surface area contributed by atoms with Gasteiger partial charge in [0.15, 0.2) is 0 Å². The number of esters is 1. The predicted octanol–water partition coefficient (Wildman–Crippen LogP) is 4.78. The van der Waals surface area contributed by atoms with Crippen molar-refractivity contribution in [2.75, 3.05) is 6.61 Å². The lowest BCUT2D eigenvalue weighted by molar-refractivity contribution is -0.144. The number of rotatable bonds is 6. The number of ether oxygens (including phenoxy) is 1. The van der Waals surface area contributed by atoms with Crippen LogP contribution in [0.25, 0.3) is 0 Å². The van der Waals surface area contributed by atoms with Gasteiger partial charge in [0.2, 0.25) is 0 Å². The molecule has 0 spiro atoms. The van der Waals surface area contributed by atoms with Gasteiger partial charge in [-0.15, -0.1) is 6.58 Å². The van der Waals surface area contributed by atoms with Gasteiger partial charge < -0.3 is 4.74 Å². The molecule has 114 valence electrons. The second kappa shape index (κ2) is 7.82. The van der Waals surface area contributed by atoms with Crippen LogP contribution < -0.4 is 0 Å². The Bertz CT molecular complexity index is 549. The van der Waals surface area contributed by atoms with Gasteiger partial charge >= 0.3 is 5.97 Å². The van der Waals surface area contributed by atoms with Crippen LogP contribution in [0.5, 0.6) is 0 Å². The highest BCUT2D eigenvalue weighted by Crippen LogP contribution is 2.27. The minimum absolute atomic E-state index is 0.182. The summed E-state index contributed by atoms with van der Waals surface area (Å²) < 4.78 is 5.38. The third kappa shape index (κ3) is 4.89. The minimum atomic E-state index is -0.271. The lowest BCUT2D eigenvalue weighted by Gasteiger charge is -2.18. The summed E-state index contributed by atoms with van der Waals surface area (Å²) in [5, 5.41) is 0. The summed E-state index contributed by atoms with van der Waals surface area (Å²) in [6.45, 7) is 14.3. The third-order valence-electron chi connectivity index (χ3n) is 3.66. The Morgan fingerprint density at radius 3 is 2.38 bits per heavy atom. The molecule has 0 bridgehead atoms. The van der Waals surface area contributed by atoms with Crippen LogP contribution in [-0.2, 0) is 9.53 Å². The van der Waals surface area contributed by atoms with E-state index in [1.807, 2.05) is 26.8 Å². The van der Waals surface area contributed by atoms with Crippen molar-refractivity contribution in [3.05, 3.63) is 58.7 Å². The Kier molecular flexibility index (Phi) is 6.41. The van der Waals surface area contributed by atoms with Crippen molar-refractivity contribution in [1.82, 2.24) is 0 Å². The highest BCUT2D eigenvalue weighted by atomic mass is 16.5. The maximum absolute atomic E-state index is 12.4. The van der Waals surface area contributed by atoms with Gasteiger partial charge in [0.05, 0.1) is 5.92 Å². The second-order valence-electron chi connectivity index (χ2n) is 5.78. The first-order valence-corrected chi connectivity index (χ1v) is 7.35. The number of carbonyl (C=O) groups excluding carboxylic acids is 1. The molecular weight excluding hydrogens is 260 g/mol. The van der Waals surface area contributed by atoms with Gasteiger partial charge in [0.25, 0.3) is 0 Å². The monoisotopic (exact) mass is 286 g/mol. The van der Waals surface area contributed by atoms with E-state index < -0.39 is 0 Å². The molecule has 21 heavy (non-hydrogen) atoms. The first-order valence-electron chi connectivity index (χ1n) is 7.35. The summed E-state index contributed by atoms with van der Waals surface area (Å²) in [5.74, 6) is -0.453. The van der Waals surface area contributed by atoms with Crippen molar-refractivity contribution < 1.29 is 9.53 Å². The van der Waals surface area contributed by atoms with Gasteiger partial charge in [-0.1, -0.05) is 23.8 Å². The third-order valence-corrected chi connectivity index (χ3v) is 3.66. The molecule has 0 aliphatic rings. The van der Waals surface area contributed by atoms with Crippen molar-refractivity contribution in [3.8, 4) is 0 Å². The van der Waals surface area contributed by atoms with E-state index in [-0.39, 0.29) is 11.9 Å². The molecule has 1 unspecified atom stereocenters. The molecule has 0 N–H and O–H groups in total. The molecule has 1 aromatic carbocycles. The molecule has 0 aromatic heterocycles. The Balaban J connectivity index is 3.01. The molecule has 0 aliphatic carbocycles. The molecule has 0 radical (unpaired) electrons. The van der Waals surface area contributed by atoms with Crippen LogP contribution >= 0.6 is 0 Å². The van der Waals surface area contributed by atoms with Gasteiger partial charge in [-0.05, 0) is 69.4 Å². The van der Waals surface area contributed by atoms with Gasteiger partial charge in [0, 0.05) is 0 Å². The van der Waals surface area contributed by atoms with E-state index in [0.717, 1.165) is 16.7 Å². The molecule has 2 heteroatoms. The lowest BCUT2D eigenvalue weighted by Crippen LogP contribution is -2.17. The molecular formula is C19H26O2. The number of carbonyl (C=O) groups is 1. The van der Waals surface area contributed by atoms with Crippen LogP contribution in [0.1, 0.15) is 48.4 Å². The standard InChI is InChI=1S/C19H26O2/c1-7-8-17(19(20)21-10-9-13(2)3)18-12-15(5)14(4)11-16(18)6/h7,9,11-12,17H,1,8,10H2,2-6H3. The van der Waals surface area contributed by atoms with Crippen molar-refractivity contribution in [3.63, 3.8) is 0 Å². The maximum Gasteiger partial charge on any atom is 0.314 e. The molecule has 1 rings (SSSR count). The van der Waals surface area contributed by atoms with E-state index >= 15 is 0 Å². The molecule has 0 fully saturated rings. The highest BCUT2D eigenvalue weighted by molar-refractivity contribution is 5.79. The average molecular weight is 286 g/mol. The van der Waals surface area contributed by atoms with E-state index in [1.54, 1.807) is 6.08 Å². The molecule has 0 saturated carbocycles. The van der Waals surface area contributed by atoms with E-state index in [0.29, 0.717) is 13.0 Å². The zero-order valence-corrected chi connectivity index (χ0v) is 13.8. The average Bonchev–Trinajstić information content (AvgIpc) is 2.40. The first-order chi connectivity index (χ1) is 9.86. The topological polar surface area (TPSA) is 26.3 Å². The zero-order valence-electron chi connectivity index (χ0n) is 13.8. The maximum atomic E-state index is 12.4. The normalized spacial score (nSPS) is 11.7. The number of benzene rings is 1. The lowest BCUT2D eigenvalue weighted by atomic mass is 9.89. The molecule has 2 nitrogen and oxygen atoms in total. The van der Waals surface area contributed by atoms with Crippen molar-refractivity contribution >= 4 is 5.97 Å². The van der Waals surface area contributed by atoms with E-state index in [1.165, 1.54) is 11.1 Å². The van der Waals surface area contributed by atoms with Gasteiger partial charge in [-0.2, -0.15) is 0 Å². The minimum Gasteiger partial charge on any atom is -0.461 e. The molecule has 1 aromatic rings. The van der Waals surface area contributed by atoms with Crippen LogP contribution in [-0.4, -0.2) is 12.6 Å². The summed E-state index contributed by atoms with van der Waals surface area (Å²) in [6.07, 6.45) is 4.29. The largest absolute Gasteiger partial charge is 0.461 e. The van der Waals surface area contributed by atoms with Gasteiger partial charge in [0.1, 0.15) is 6.61 Å². The highest BCUT2D eigenvalue weighted by Gasteiger charge is 2.22. The molecule has 0 amide bonds. The van der Waals surface area contributed by atoms with E-state index in [4.69, 9.17) is 4.74 Å². The predicted molar refractivity (Wildman–Crippen MR) is 88.6 cm³/mol. The number of allylic oxidation sites excluding steroid dienone is 2. The zero-order chi connectivity index (χ0) is 16.0. The smallest absolute Gasteiger partial charge is 0.314 e. The summed E-state index contributed by atoms with van der Waals surface area (Å²) in [7, 11) is 0. The molecule has 1 atom stereocenters. The molecule has 0 heterocycles. The summed E-state index contributed by atoms with van der Waals surface area (Å²) in [5.41, 5.74) is 5.75. The Labute approximate surface area is 128 Å². The van der Waals surface area contributed by atoms with Crippen molar-refractivity contribution in [2.45, 2.75) is 47.0 Å². The van der Waals surface area contributed by atoms with Crippen LogP contribution in [0, 0.1) is 20.8 Å². The fourth-order valence-corrected chi connectivity index (χ4v) is 2.27. The number of hydrogen-bond acceptors (Lipinski definition) is 2. The van der Waals surface area contributed by atoms with Gasteiger partial charge in [-0.25, -0.2) is 0 Å². The second-order valence-corrected chi connectivity index (χ2v) is 5.78. The van der Waals surface area contributed by atoms with Gasteiger partial charge in [-0.3, -0.25) is 4.79 Å². The quantitative estimate of drug-likeness (QED) is 0.555. The molecule has 0 aliphatic heterocycles. The van der Waals surface area contributed by atoms with Crippen LogP contribution in [0.4, 0.5) is 0 Å². The van der Waals surface area contributed by atoms with Crippen molar-refractivity contribution in [2.24, 2.45) is 0 Å². The SMILES string of the molecule is C=CCC(C(=O)OCC=C(C)C)c1cc(C)c(C)cc1C. The van der Waals surface area contributed by atoms with Crippen LogP contribution in [0.3, 0.4) is 0 Å². The Hall–Kier alpha value is -1.83. The van der Waals surface area contributed by atoms with Crippen LogP contribution in [0.2, 0.25) is 0 Å². The van der Waals surface area contributed by atoms with E-state index in [9.17, 15) is 4.79 Å². The fourth-order valence-electron chi connectivity index (χ4n) is 2.27. The number of aryl methyl sites for hydroxylation is 3.